The SMILES string of the molecule is NS(=O)(=O)c1cc([N+](=O)[O-])ccc1NC1CCN(c2ccc(F)c(Cl)c2)C1. The summed E-state index contributed by atoms with van der Waals surface area (Å²) in [5, 5.41) is 19.2. The van der Waals surface area contributed by atoms with Gasteiger partial charge < -0.3 is 10.2 Å². The predicted octanol–water partition coefficient (Wildman–Crippen LogP) is 2.73. The van der Waals surface area contributed by atoms with Gasteiger partial charge in [-0.15, -0.1) is 0 Å². The summed E-state index contributed by atoms with van der Waals surface area (Å²) >= 11 is 5.82. The zero-order valence-electron chi connectivity index (χ0n) is 13.9. The Morgan fingerprint density at radius 3 is 2.67 bits per heavy atom. The first-order valence-electron chi connectivity index (χ1n) is 7.93. The molecule has 1 heterocycles. The molecule has 8 nitrogen and oxygen atoms in total. The molecule has 1 aliphatic heterocycles. The van der Waals surface area contributed by atoms with Crippen LogP contribution in [0.5, 0.6) is 0 Å². The summed E-state index contributed by atoms with van der Waals surface area (Å²) < 4.78 is 36.9. The number of sulfonamides is 1. The second kappa shape index (κ2) is 7.29. The lowest BCUT2D eigenvalue weighted by Crippen LogP contribution is -2.27. The standard InChI is InChI=1S/C16H16ClFN4O4S/c17-13-7-11(1-3-14(13)18)21-6-5-10(9-21)20-15-4-2-12(22(23)24)8-16(15)27(19,25)26/h1-4,7-8,10,20H,5-6,9H2,(H2,19,25,26). The number of benzene rings is 2. The van der Waals surface area contributed by atoms with Crippen molar-refractivity contribution in [3.8, 4) is 0 Å². The number of anilines is 2. The van der Waals surface area contributed by atoms with Crippen molar-refractivity contribution in [2.45, 2.75) is 17.4 Å². The third-order valence-corrected chi connectivity index (χ3v) is 5.54. The lowest BCUT2D eigenvalue weighted by atomic mass is 10.2. The lowest BCUT2D eigenvalue weighted by Gasteiger charge is -2.20. The molecule has 27 heavy (non-hydrogen) atoms. The van der Waals surface area contributed by atoms with E-state index in [0.29, 0.717) is 19.5 Å². The fourth-order valence-corrected chi connectivity index (χ4v) is 3.89. The van der Waals surface area contributed by atoms with Crippen LogP contribution in [0.2, 0.25) is 5.02 Å². The van der Waals surface area contributed by atoms with Crippen molar-refractivity contribution >= 4 is 38.7 Å². The molecule has 0 bridgehead atoms. The molecule has 2 aromatic carbocycles. The number of primary sulfonamides is 1. The Hall–Kier alpha value is -2.43. The predicted molar refractivity (Wildman–Crippen MR) is 100 cm³/mol. The summed E-state index contributed by atoms with van der Waals surface area (Å²) in [7, 11) is -4.15. The molecule has 0 aromatic heterocycles. The van der Waals surface area contributed by atoms with Crippen LogP contribution in [-0.4, -0.2) is 32.5 Å². The van der Waals surface area contributed by atoms with Crippen LogP contribution in [0.15, 0.2) is 41.3 Å². The van der Waals surface area contributed by atoms with Gasteiger partial charge in [0.2, 0.25) is 10.0 Å². The van der Waals surface area contributed by atoms with Gasteiger partial charge in [-0.05, 0) is 30.7 Å². The molecule has 1 aliphatic rings. The Balaban J connectivity index is 1.80. The van der Waals surface area contributed by atoms with Gasteiger partial charge >= 0.3 is 0 Å². The van der Waals surface area contributed by atoms with Gasteiger partial charge in [0.25, 0.3) is 5.69 Å². The number of nitro benzene ring substituents is 1. The third kappa shape index (κ3) is 4.29. The summed E-state index contributed by atoms with van der Waals surface area (Å²) in [5.74, 6) is -0.502. The molecule has 0 spiro atoms. The lowest BCUT2D eigenvalue weighted by molar-refractivity contribution is -0.385. The van der Waals surface area contributed by atoms with Crippen molar-refractivity contribution in [2.75, 3.05) is 23.3 Å². The maximum absolute atomic E-state index is 13.3. The van der Waals surface area contributed by atoms with Crippen LogP contribution in [0.1, 0.15) is 6.42 Å². The van der Waals surface area contributed by atoms with Gasteiger partial charge in [0, 0.05) is 37.0 Å². The van der Waals surface area contributed by atoms with Crippen LogP contribution in [0, 0.1) is 15.9 Å². The molecule has 0 saturated carbocycles. The number of nitrogens with one attached hydrogen (secondary N) is 1. The van der Waals surface area contributed by atoms with E-state index in [-0.39, 0.29) is 27.3 Å². The smallest absolute Gasteiger partial charge is 0.270 e. The summed E-state index contributed by atoms with van der Waals surface area (Å²) in [5.41, 5.74) is 0.590. The number of non-ortho nitro benzene ring substituents is 1. The van der Waals surface area contributed by atoms with Gasteiger partial charge in [0.15, 0.2) is 0 Å². The zero-order valence-corrected chi connectivity index (χ0v) is 15.5. The maximum Gasteiger partial charge on any atom is 0.270 e. The third-order valence-electron chi connectivity index (χ3n) is 4.30. The van der Waals surface area contributed by atoms with Crippen LogP contribution in [-0.2, 0) is 10.0 Å². The summed E-state index contributed by atoms with van der Waals surface area (Å²) in [6.45, 7) is 1.17. The van der Waals surface area contributed by atoms with E-state index in [2.05, 4.69) is 5.32 Å². The molecule has 3 N–H and O–H groups in total. The molecule has 3 rings (SSSR count). The maximum atomic E-state index is 13.3. The van der Waals surface area contributed by atoms with E-state index in [9.17, 15) is 22.9 Å². The molecule has 0 amide bonds. The molecular formula is C16H16ClFN4O4S. The Kier molecular flexibility index (Phi) is 5.22. The topological polar surface area (TPSA) is 119 Å². The van der Waals surface area contributed by atoms with Crippen molar-refractivity contribution in [3.63, 3.8) is 0 Å². The van der Waals surface area contributed by atoms with Gasteiger partial charge in [-0.3, -0.25) is 10.1 Å². The molecule has 0 aliphatic carbocycles. The van der Waals surface area contributed by atoms with Gasteiger partial charge in [-0.25, -0.2) is 17.9 Å². The van der Waals surface area contributed by atoms with Gasteiger partial charge in [0.05, 0.1) is 15.6 Å². The Morgan fingerprint density at radius 2 is 2.04 bits per heavy atom. The van der Waals surface area contributed by atoms with E-state index in [1.165, 1.54) is 24.3 Å². The van der Waals surface area contributed by atoms with E-state index < -0.39 is 20.8 Å². The van der Waals surface area contributed by atoms with E-state index >= 15 is 0 Å². The Labute approximate surface area is 159 Å². The molecule has 1 atom stereocenters. The minimum absolute atomic E-state index is 0.0239. The zero-order chi connectivity index (χ0) is 19.8. The number of hydrogen-bond donors (Lipinski definition) is 2. The van der Waals surface area contributed by atoms with Crippen molar-refractivity contribution in [3.05, 3.63) is 57.4 Å². The fraction of sp³-hybridized carbons (Fsp3) is 0.250. The second-order valence-electron chi connectivity index (χ2n) is 6.16. The first-order valence-corrected chi connectivity index (χ1v) is 9.85. The number of halogens is 2. The first-order chi connectivity index (χ1) is 12.6. The molecule has 1 fully saturated rings. The summed E-state index contributed by atoms with van der Waals surface area (Å²) in [6, 6.07) is 7.78. The monoisotopic (exact) mass is 414 g/mol. The molecule has 2 aromatic rings. The van der Waals surface area contributed by atoms with E-state index in [1.807, 2.05) is 4.90 Å². The highest BCUT2D eigenvalue weighted by molar-refractivity contribution is 7.89. The highest BCUT2D eigenvalue weighted by Crippen LogP contribution is 2.30. The van der Waals surface area contributed by atoms with Gasteiger partial charge in [-0.2, -0.15) is 0 Å². The van der Waals surface area contributed by atoms with Crippen molar-refractivity contribution < 1.29 is 17.7 Å². The van der Waals surface area contributed by atoms with E-state index in [1.54, 1.807) is 6.07 Å². The highest BCUT2D eigenvalue weighted by atomic mass is 35.5. The van der Waals surface area contributed by atoms with Crippen LogP contribution >= 0.6 is 11.6 Å². The number of hydrogen-bond acceptors (Lipinski definition) is 6. The Bertz CT molecular complexity index is 1000. The minimum Gasteiger partial charge on any atom is -0.379 e. The van der Waals surface area contributed by atoms with Crippen LogP contribution < -0.4 is 15.4 Å². The van der Waals surface area contributed by atoms with Gasteiger partial charge in [-0.1, -0.05) is 11.6 Å². The van der Waals surface area contributed by atoms with Gasteiger partial charge in [0.1, 0.15) is 10.7 Å². The largest absolute Gasteiger partial charge is 0.379 e. The molecular weight excluding hydrogens is 399 g/mol. The average molecular weight is 415 g/mol. The molecule has 11 heteroatoms. The number of nitrogens with two attached hydrogens (primary N) is 1. The Morgan fingerprint density at radius 1 is 1.30 bits per heavy atom. The second-order valence-corrected chi connectivity index (χ2v) is 8.09. The molecule has 1 saturated heterocycles. The minimum atomic E-state index is -4.15. The van der Waals surface area contributed by atoms with Crippen LogP contribution in [0.3, 0.4) is 0 Å². The quantitative estimate of drug-likeness (QED) is 0.573. The van der Waals surface area contributed by atoms with E-state index in [0.717, 1.165) is 11.8 Å². The summed E-state index contributed by atoms with van der Waals surface area (Å²) in [6.07, 6.45) is 0.677. The normalized spacial score (nSPS) is 17.1. The average Bonchev–Trinajstić information content (AvgIpc) is 3.05. The highest BCUT2D eigenvalue weighted by Gasteiger charge is 2.26. The molecule has 0 radical (unpaired) electrons. The van der Waals surface area contributed by atoms with Crippen LogP contribution in [0.4, 0.5) is 21.5 Å². The number of nitrogens with zero attached hydrogens (tertiary/aromatic N) is 2. The summed E-state index contributed by atoms with van der Waals surface area (Å²) in [4.78, 5) is 11.8. The van der Waals surface area contributed by atoms with Crippen molar-refractivity contribution in [1.82, 2.24) is 0 Å². The first kappa shape index (κ1) is 19.3. The molecule has 1 unspecified atom stereocenters. The fourth-order valence-electron chi connectivity index (χ4n) is 2.99. The number of rotatable bonds is 5. The number of nitro groups is 1. The van der Waals surface area contributed by atoms with E-state index in [4.69, 9.17) is 16.7 Å². The molecule has 144 valence electrons. The van der Waals surface area contributed by atoms with Crippen LogP contribution in [0.25, 0.3) is 0 Å². The van der Waals surface area contributed by atoms with Crippen molar-refractivity contribution in [1.29, 1.82) is 0 Å². The van der Waals surface area contributed by atoms with Crippen molar-refractivity contribution in [2.24, 2.45) is 5.14 Å².